The number of aromatic amines is 2. The van der Waals surface area contributed by atoms with Gasteiger partial charge in [-0.3, -0.25) is 0 Å². The minimum atomic E-state index is 0.113. The highest BCUT2D eigenvalue weighted by molar-refractivity contribution is 5.87. The van der Waals surface area contributed by atoms with Gasteiger partial charge in [0.2, 0.25) is 0 Å². The molecule has 0 saturated carbocycles. The van der Waals surface area contributed by atoms with Crippen LogP contribution in [0, 0.1) is 6.92 Å². The number of hydrogen-bond acceptors (Lipinski definition) is 3. The Morgan fingerprint density at radius 2 is 0.810 bits per heavy atom. The molecule has 0 amide bonds. The molecule has 2 aromatic heterocycles. The molecule has 0 fully saturated rings. The Morgan fingerprint density at radius 3 is 1.17 bits per heavy atom. The predicted octanol–water partition coefficient (Wildman–Crippen LogP) is 9.15. The maximum atomic E-state index is 11.8. The Hall–Kier alpha value is -5.68. The van der Waals surface area contributed by atoms with Gasteiger partial charge in [0.15, 0.2) is 0 Å². The lowest BCUT2D eigenvalue weighted by atomic mass is 10.0. The quantitative estimate of drug-likeness (QED) is 0.195. The number of hydrogen-bond donors (Lipinski definition) is 3. The summed E-state index contributed by atoms with van der Waals surface area (Å²) in [5.74, 6) is 1.29. The molecule has 0 saturated heterocycles. The Bertz CT molecular complexity index is 1720. The van der Waals surface area contributed by atoms with E-state index in [1.54, 1.807) is 0 Å². The summed E-state index contributed by atoms with van der Waals surface area (Å²) in [6, 6.07) is 44.4. The third-order valence-corrected chi connectivity index (χ3v) is 7.39. The summed E-state index contributed by atoms with van der Waals surface area (Å²) in [6.07, 6.45) is 0. The van der Waals surface area contributed by atoms with Gasteiger partial charge in [-0.05, 0) is 24.6 Å². The molecule has 7 rings (SSSR count). The molecule has 202 valence electrons. The van der Waals surface area contributed by atoms with Gasteiger partial charge in [-0.25, -0.2) is 9.97 Å². The van der Waals surface area contributed by atoms with E-state index in [1.165, 1.54) is 0 Å². The number of aryl methyl sites for hydroxylation is 1. The number of phenols is 1. The van der Waals surface area contributed by atoms with Gasteiger partial charge in [-0.15, -0.1) is 0 Å². The lowest BCUT2D eigenvalue weighted by Crippen LogP contribution is -1.90. The number of nitrogens with zero attached hydrogens (tertiary/aromatic N) is 2. The molecule has 0 radical (unpaired) electrons. The van der Waals surface area contributed by atoms with Crippen molar-refractivity contribution in [3.8, 4) is 73.6 Å². The topological polar surface area (TPSA) is 77.6 Å². The van der Waals surface area contributed by atoms with Gasteiger partial charge in [0.1, 0.15) is 17.4 Å². The Balaban J connectivity index is 1.40. The van der Waals surface area contributed by atoms with E-state index in [0.29, 0.717) is 22.8 Å². The number of aromatic hydroxyl groups is 1. The first kappa shape index (κ1) is 25.3. The first-order valence-electron chi connectivity index (χ1n) is 13.9. The molecule has 3 N–H and O–H groups in total. The molecule has 0 unspecified atom stereocenters. The zero-order valence-corrected chi connectivity index (χ0v) is 23.0. The van der Waals surface area contributed by atoms with Crippen molar-refractivity contribution in [2.75, 3.05) is 0 Å². The Morgan fingerprint density at radius 1 is 0.476 bits per heavy atom. The smallest absolute Gasteiger partial charge is 0.142 e. The number of H-pyrrole nitrogens is 2. The second kappa shape index (κ2) is 10.7. The van der Waals surface area contributed by atoms with Crippen molar-refractivity contribution in [2.45, 2.75) is 6.92 Å². The van der Waals surface area contributed by atoms with E-state index in [1.807, 2.05) is 116 Å². The largest absolute Gasteiger partial charge is 0.506 e. The molecular weight excluding hydrogens is 516 g/mol. The summed E-state index contributed by atoms with van der Waals surface area (Å²) < 4.78 is 0. The number of aromatic nitrogens is 4. The van der Waals surface area contributed by atoms with Crippen LogP contribution in [0.5, 0.6) is 5.75 Å². The lowest BCUT2D eigenvalue weighted by molar-refractivity contribution is 0.478. The molecule has 2 heterocycles. The van der Waals surface area contributed by atoms with Crippen molar-refractivity contribution in [2.24, 2.45) is 0 Å². The van der Waals surface area contributed by atoms with Crippen LogP contribution in [0.25, 0.3) is 67.8 Å². The normalized spacial score (nSPS) is 11.1. The average Bonchev–Trinajstić information content (AvgIpc) is 3.70. The fourth-order valence-electron chi connectivity index (χ4n) is 5.38. The highest BCUT2D eigenvalue weighted by atomic mass is 16.3. The first-order valence-corrected chi connectivity index (χ1v) is 13.9. The van der Waals surface area contributed by atoms with Crippen LogP contribution in [0.15, 0.2) is 133 Å². The summed E-state index contributed by atoms with van der Waals surface area (Å²) in [5, 5.41) is 11.8. The number of imidazole rings is 2. The van der Waals surface area contributed by atoms with Gasteiger partial charge in [-0.2, -0.15) is 0 Å². The molecule has 0 aliphatic rings. The lowest BCUT2D eigenvalue weighted by Gasteiger charge is -2.09. The predicted molar refractivity (Wildman–Crippen MR) is 170 cm³/mol. The van der Waals surface area contributed by atoms with Gasteiger partial charge < -0.3 is 15.1 Å². The van der Waals surface area contributed by atoms with E-state index in [-0.39, 0.29) is 5.75 Å². The highest BCUT2D eigenvalue weighted by Gasteiger charge is 2.22. The van der Waals surface area contributed by atoms with Crippen LogP contribution in [0.4, 0.5) is 0 Å². The monoisotopic (exact) mass is 544 g/mol. The minimum absolute atomic E-state index is 0.113. The van der Waals surface area contributed by atoms with Crippen molar-refractivity contribution < 1.29 is 5.11 Å². The van der Waals surface area contributed by atoms with E-state index >= 15 is 0 Å². The van der Waals surface area contributed by atoms with Crippen LogP contribution in [0.2, 0.25) is 0 Å². The van der Waals surface area contributed by atoms with E-state index < -0.39 is 0 Å². The van der Waals surface area contributed by atoms with E-state index in [2.05, 4.69) is 34.2 Å². The van der Waals surface area contributed by atoms with Crippen LogP contribution in [-0.2, 0) is 0 Å². The van der Waals surface area contributed by atoms with Gasteiger partial charge in [0.05, 0.1) is 33.9 Å². The molecular formula is C37H28N4O. The Kier molecular flexibility index (Phi) is 6.45. The maximum absolute atomic E-state index is 11.8. The molecule has 42 heavy (non-hydrogen) atoms. The number of benzene rings is 5. The number of rotatable bonds is 6. The van der Waals surface area contributed by atoms with Crippen molar-refractivity contribution >= 4 is 0 Å². The molecule has 5 heteroatoms. The zero-order valence-electron chi connectivity index (χ0n) is 23.0. The van der Waals surface area contributed by atoms with Gasteiger partial charge >= 0.3 is 0 Å². The summed E-state index contributed by atoms with van der Waals surface area (Å²) in [5.41, 5.74) is 9.70. The Labute approximate surface area is 244 Å². The molecule has 0 aliphatic carbocycles. The molecule has 5 aromatic carbocycles. The number of phenolic OH excluding ortho intramolecular Hbond substituents is 1. The van der Waals surface area contributed by atoms with Crippen LogP contribution in [0.3, 0.4) is 0 Å². The second-order valence-corrected chi connectivity index (χ2v) is 10.3. The fraction of sp³-hybridized carbons (Fsp3) is 0.0270. The average molecular weight is 545 g/mol. The summed E-state index contributed by atoms with van der Waals surface area (Å²) in [6.45, 7) is 2.02. The van der Waals surface area contributed by atoms with Crippen molar-refractivity contribution in [1.29, 1.82) is 0 Å². The molecule has 7 aromatic rings. The van der Waals surface area contributed by atoms with Gasteiger partial charge in [0.25, 0.3) is 0 Å². The first-order chi connectivity index (χ1) is 20.7. The van der Waals surface area contributed by atoms with E-state index in [4.69, 9.17) is 9.97 Å². The molecule has 0 bridgehead atoms. The fourth-order valence-corrected chi connectivity index (χ4v) is 5.38. The van der Waals surface area contributed by atoms with E-state index in [0.717, 1.165) is 50.6 Å². The van der Waals surface area contributed by atoms with E-state index in [9.17, 15) is 5.11 Å². The van der Waals surface area contributed by atoms with Gasteiger partial charge in [0, 0.05) is 22.3 Å². The van der Waals surface area contributed by atoms with Crippen molar-refractivity contribution in [1.82, 2.24) is 19.9 Å². The third kappa shape index (κ3) is 4.67. The summed E-state index contributed by atoms with van der Waals surface area (Å²) in [4.78, 5) is 17.1. The maximum Gasteiger partial charge on any atom is 0.142 e. The highest BCUT2D eigenvalue weighted by Crippen LogP contribution is 2.42. The van der Waals surface area contributed by atoms with Crippen molar-refractivity contribution in [3.63, 3.8) is 0 Å². The SMILES string of the molecule is Cc1cc(-c2nc(-c3ccccc3)c(-c3ccccc3)[nH]2)c(O)c(-c2nc(-c3ccccc3)c(-c3ccccc3)[nH]2)c1. The second-order valence-electron chi connectivity index (χ2n) is 10.3. The molecule has 0 atom stereocenters. The zero-order chi connectivity index (χ0) is 28.5. The van der Waals surface area contributed by atoms with Crippen molar-refractivity contribution in [3.05, 3.63) is 139 Å². The van der Waals surface area contributed by atoms with Crippen LogP contribution in [-0.4, -0.2) is 25.0 Å². The number of nitrogens with one attached hydrogen (secondary N) is 2. The van der Waals surface area contributed by atoms with Crippen LogP contribution < -0.4 is 0 Å². The summed E-state index contributed by atoms with van der Waals surface area (Å²) in [7, 11) is 0. The molecule has 0 spiro atoms. The molecule has 0 aliphatic heterocycles. The van der Waals surface area contributed by atoms with Gasteiger partial charge in [-0.1, -0.05) is 121 Å². The third-order valence-electron chi connectivity index (χ3n) is 7.39. The van der Waals surface area contributed by atoms with Crippen LogP contribution >= 0.6 is 0 Å². The molecule has 5 nitrogen and oxygen atoms in total. The summed E-state index contributed by atoms with van der Waals surface area (Å²) >= 11 is 0. The minimum Gasteiger partial charge on any atom is -0.506 e. The standard InChI is InChI=1S/C37H28N4O/c1-24-22-29(36-38-31(25-14-6-2-7-15-25)32(39-36)26-16-8-3-9-17-26)35(42)30(23-24)37-40-33(27-18-10-4-11-19-27)34(41-37)28-20-12-5-13-21-28/h2-23,42H,1H3,(H,38,39)(H,40,41). The van der Waals surface area contributed by atoms with Crippen LogP contribution in [0.1, 0.15) is 5.56 Å².